The van der Waals surface area contributed by atoms with Crippen LogP contribution in [0.25, 0.3) is 21.1 Å². The van der Waals surface area contributed by atoms with Crippen molar-refractivity contribution in [2.75, 3.05) is 6.61 Å². The number of rotatable bonds is 9. The van der Waals surface area contributed by atoms with Gasteiger partial charge in [-0.2, -0.15) is 36.7 Å². The predicted molar refractivity (Wildman–Crippen MR) is 128 cm³/mol. The fourth-order valence-electron chi connectivity index (χ4n) is 3.72. The number of thiazole rings is 1. The molecule has 2 unspecified atom stereocenters. The summed E-state index contributed by atoms with van der Waals surface area (Å²) in [4.78, 5) is 11.2. The third kappa shape index (κ3) is 6.07. The Kier molecular flexibility index (Phi) is 8.73. The van der Waals surface area contributed by atoms with Crippen molar-refractivity contribution in [3.63, 3.8) is 0 Å². The number of aryl methyl sites for hydroxylation is 1. The topological polar surface area (TPSA) is 124 Å². The van der Waals surface area contributed by atoms with Gasteiger partial charge in [0.2, 0.25) is 5.82 Å². The van der Waals surface area contributed by atoms with Gasteiger partial charge in [-0.05, 0) is 33.3 Å². The number of ether oxygens (including phenoxy) is 1. The Labute approximate surface area is 223 Å². The van der Waals surface area contributed by atoms with Crippen LogP contribution in [-0.2, 0) is 20.8 Å². The minimum atomic E-state index is -5.62. The predicted octanol–water partition coefficient (Wildman–Crippen LogP) is 5.99. The zero-order valence-corrected chi connectivity index (χ0v) is 22.6. The van der Waals surface area contributed by atoms with Gasteiger partial charge in [0, 0.05) is 12.8 Å². The molecule has 0 amide bonds. The lowest BCUT2D eigenvalue weighted by Gasteiger charge is -2.17. The average molecular weight is 597 g/mol. The van der Waals surface area contributed by atoms with Crippen molar-refractivity contribution in [3.05, 3.63) is 35.2 Å². The summed E-state index contributed by atoms with van der Waals surface area (Å²) in [5.74, 6) is -1.50. The van der Waals surface area contributed by atoms with E-state index >= 15 is 0 Å². The Morgan fingerprint density at radius 1 is 1.18 bits per heavy atom. The molecule has 0 fully saturated rings. The molecule has 212 valence electrons. The Morgan fingerprint density at radius 3 is 2.38 bits per heavy atom. The fourth-order valence-corrected chi connectivity index (χ4v) is 6.11. The summed E-state index contributed by atoms with van der Waals surface area (Å²) >= 11 is 0.898. The number of halogens is 6. The molecule has 17 heteroatoms. The maximum Gasteiger partial charge on any atom is 0.498 e. The Balaban J connectivity index is 2.21. The third-order valence-corrected chi connectivity index (χ3v) is 8.58. The molecule has 0 spiro atoms. The highest BCUT2D eigenvalue weighted by atomic mass is 32.2. The summed E-state index contributed by atoms with van der Waals surface area (Å²) in [5.41, 5.74) is -6.04. The maximum atomic E-state index is 13.5. The van der Waals surface area contributed by atoms with Gasteiger partial charge < -0.3 is 4.74 Å². The van der Waals surface area contributed by atoms with E-state index in [-0.39, 0.29) is 41.4 Å². The molecule has 0 N–H and O–H groups in total. The summed E-state index contributed by atoms with van der Waals surface area (Å²) in [6, 6.07) is 2.80. The van der Waals surface area contributed by atoms with Gasteiger partial charge in [-0.3, -0.25) is 0 Å². The molecule has 0 aliphatic rings. The molecule has 0 saturated heterocycles. The third-order valence-electron chi connectivity index (χ3n) is 5.49. The van der Waals surface area contributed by atoms with Crippen LogP contribution in [0, 0.1) is 18.3 Å². The second-order valence-corrected chi connectivity index (χ2v) is 11.3. The molecule has 0 saturated carbocycles. The molecule has 0 radical (unpaired) electrons. The second-order valence-electron chi connectivity index (χ2n) is 8.22. The summed E-state index contributed by atoms with van der Waals surface area (Å²) in [6.45, 7) is 6.52. The van der Waals surface area contributed by atoms with Gasteiger partial charge in [-0.15, -0.1) is 11.3 Å². The van der Waals surface area contributed by atoms with Crippen molar-refractivity contribution in [1.29, 1.82) is 5.26 Å². The molecule has 3 heterocycles. The Hall–Kier alpha value is -3.10. The van der Waals surface area contributed by atoms with E-state index in [2.05, 4.69) is 20.1 Å². The van der Waals surface area contributed by atoms with Gasteiger partial charge in [-0.25, -0.2) is 28.1 Å². The zero-order chi connectivity index (χ0) is 29.3. The molecule has 3 aromatic heterocycles. The van der Waals surface area contributed by atoms with Crippen LogP contribution in [0.3, 0.4) is 0 Å². The Bertz CT molecular complexity index is 1490. The number of nitrogens with zero attached hydrogens (tertiary/aromatic N) is 6. The van der Waals surface area contributed by atoms with Gasteiger partial charge in [0.1, 0.15) is 22.6 Å². The summed E-state index contributed by atoms with van der Waals surface area (Å²) < 4.78 is 111. The molecule has 0 aromatic carbocycles. The molecule has 0 bridgehead atoms. The molecule has 2 atom stereocenters. The van der Waals surface area contributed by atoms with Crippen LogP contribution in [0.1, 0.15) is 68.0 Å². The molecular formula is C22H22F6N6O3S2. The summed E-state index contributed by atoms with van der Waals surface area (Å²) in [7, 11) is -5.62. The maximum absolute atomic E-state index is 13.5. The summed E-state index contributed by atoms with van der Waals surface area (Å²) in [5, 5.41) is 11.7. The van der Waals surface area contributed by atoms with Gasteiger partial charge in [0.25, 0.3) is 9.84 Å². The lowest BCUT2D eigenvalue weighted by molar-refractivity contribution is -0.145. The number of aromatic nitrogens is 5. The van der Waals surface area contributed by atoms with Crippen LogP contribution in [0.2, 0.25) is 0 Å². The minimum Gasteiger partial charge on any atom is -0.357 e. The van der Waals surface area contributed by atoms with Crippen LogP contribution < -0.4 is 0 Å². The molecule has 9 nitrogen and oxygen atoms in total. The number of hydrogen-bond acceptors (Lipinski definition) is 9. The highest BCUT2D eigenvalue weighted by Crippen LogP contribution is 2.42. The van der Waals surface area contributed by atoms with E-state index in [1.807, 2.05) is 0 Å². The monoisotopic (exact) mass is 596 g/mol. The number of hydrogen-bond donors (Lipinski definition) is 0. The van der Waals surface area contributed by atoms with Crippen LogP contribution in [-0.4, -0.2) is 45.3 Å². The van der Waals surface area contributed by atoms with Gasteiger partial charge >= 0.3 is 11.7 Å². The zero-order valence-electron chi connectivity index (χ0n) is 20.9. The van der Waals surface area contributed by atoms with E-state index in [0.29, 0.717) is 10.6 Å². The number of alkyl halides is 6. The minimum absolute atomic E-state index is 0.0687. The smallest absolute Gasteiger partial charge is 0.357 e. The molecule has 39 heavy (non-hydrogen) atoms. The van der Waals surface area contributed by atoms with Crippen molar-refractivity contribution in [1.82, 2.24) is 24.7 Å². The molecular weight excluding hydrogens is 574 g/mol. The molecule has 3 rings (SSSR count). The highest BCUT2D eigenvalue weighted by Gasteiger charge is 2.51. The second kappa shape index (κ2) is 11.2. The lowest BCUT2D eigenvalue weighted by Crippen LogP contribution is -2.29. The van der Waals surface area contributed by atoms with E-state index in [4.69, 9.17) is 4.74 Å². The molecule has 0 aliphatic heterocycles. The molecule has 0 aliphatic carbocycles. The highest BCUT2D eigenvalue weighted by molar-refractivity contribution is 7.92. The normalized spacial score (nSPS) is 14.3. The van der Waals surface area contributed by atoms with Gasteiger partial charge in [0.15, 0.2) is 5.69 Å². The summed E-state index contributed by atoms with van der Waals surface area (Å²) in [6.07, 6.45) is -5.11. The van der Waals surface area contributed by atoms with E-state index in [9.17, 15) is 40.0 Å². The SMILES string of the molecule is CCCC(c1cc(-c2sc(-c3cnc(C(F)(F)F)nc3C#N)nc2C)n(C(C)OCC)n1)S(=O)(=O)C(F)(F)F. The molecule has 3 aromatic rings. The Morgan fingerprint density at radius 2 is 1.85 bits per heavy atom. The van der Waals surface area contributed by atoms with E-state index in [1.165, 1.54) is 24.6 Å². The van der Waals surface area contributed by atoms with Crippen molar-refractivity contribution in [2.24, 2.45) is 0 Å². The van der Waals surface area contributed by atoms with Crippen LogP contribution in [0.15, 0.2) is 12.3 Å². The first kappa shape index (κ1) is 30.4. The van der Waals surface area contributed by atoms with Crippen LogP contribution in [0.4, 0.5) is 26.3 Å². The average Bonchev–Trinajstić information content (AvgIpc) is 3.44. The van der Waals surface area contributed by atoms with E-state index < -0.39 is 44.5 Å². The van der Waals surface area contributed by atoms with E-state index in [0.717, 1.165) is 17.5 Å². The fraction of sp³-hybridized carbons (Fsp3) is 0.500. The van der Waals surface area contributed by atoms with Crippen LogP contribution in [0.5, 0.6) is 0 Å². The van der Waals surface area contributed by atoms with Gasteiger partial charge in [-0.1, -0.05) is 13.3 Å². The van der Waals surface area contributed by atoms with Crippen molar-refractivity contribution in [2.45, 2.75) is 63.7 Å². The number of nitriles is 1. The van der Waals surface area contributed by atoms with E-state index in [1.54, 1.807) is 19.9 Å². The van der Waals surface area contributed by atoms with Crippen LogP contribution >= 0.6 is 11.3 Å². The largest absolute Gasteiger partial charge is 0.498 e. The quantitative estimate of drug-likeness (QED) is 0.276. The van der Waals surface area contributed by atoms with Crippen molar-refractivity contribution >= 4 is 21.2 Å². The first-order chi connectivity index (χ1) is 18.1. The standard InChI is InChI=1S/C22H22F6N6O3S2/c1-5-7-17(39(35,36)22(26,27)28)14-8-16(34(33-14)12(4)37-6-2)18-11(3)31-19(38-18)13-10-30-20(21(23,24)25)32-15(13)9-29/h8,10,12,17H,5-7H2,1-4H3. The lowest BCUT2D eigenvalue weighted by atomic mass is 10.2. The van der Waals surface area contributed by atoms with Gasteiger partial charge in [0.05, 0.1) is 27.5 Å². The van der Waals surface area contributed by atoms with Crippen molar-refractivity contribution in [3.8, 4) is 27.2 Å². The van der Waals surface area contributed by atoms with Crippen molar-refractivity contribution < 1.29 is 39.5 Å². The first-order valence-electron chi connectivity index (χ1n) is 11.4. The first-order valence-corrected chi connectivity index (χ1v) is 13.8. The number of sulfone groups is 1.